The molecule has 2 aliphatic heterocycles. The molecule has 142 valence electrons. The molecule has 1 amide bonds. The van der Waals surface area contributed by atoms with Crippen molar-refractivity contribution in [1.29, 1.82) is 0 Å². The molecular weight excluding hydrogens is 360 g/mol. The number of benzene rings is 2. The fourth-order valence-corrected chi connectivity index (χ4v) is 5.28. The Labute approximate surface area is 160 Å². The first-order chi connectivity index (χ1) is 13.0. The van der Waals surface area contributed by atoms with Crippen LogP contribution in [0.3, 0.4) is 0 Å². The predicted octanol–water partition coefficient (Wildman–Crippen LogP) is 2.35. The van der Waals surface area contributed by atoms with Gasteiger partial charge in [0, 0.05) is 19.6 Å². The molecule has 0 spiro atoms. The minimum absolute atomic E-state index is 0.00177. The first-order valence-electron chi connectivity index (χ1n) is 9.41. The van der Waals surface area contributed by atoms with E-state index >= 15 is 0 Å². The summed E-state index contributed by atoms with van der Waals surface area (Å²) >= 11 is 0. The number of nitrogens with zero attached hydrogens (tertiary/aromatic N) is 2. The van der Waals surface area contributed by atoms with Crippen LogP contribution in [0.25, 0.3) is 0 Å². The van der Waals surface area contributed by atoms with Gasteiger partial charge in [0.25, 0.3) is 0 Å². The van der Waals surface area contributed by atoms with E-state index < -0.39 is 16.1 Å². The second-order valence-corrected chi connectivity index (χ2v) is 9.42. The van der Waals surface area contributed by atoms with E-state index in [1.165, 1.54) is 9.87 Å². The van der Waals surface area contributed by atoms with Gasteiger partial charge in [0.15, 0.2) is 0 Å². The van der Waals surface area contributed by atoms with Gasteiger partial charge in [-0.25, -0.2) is 8.42 Å². The maximum absolute atomic E-state index is 13.4. The Kier molecular flexibility index (Phi) is 4.78. The second-order valence-electron chi connectivity index (χ2n) is 7.21. The Hall–Kier alpha value is -2.18. The molecular formula is C21H24N2O3S. The van der Waals surface area contributed by atoms with Crippen LogP contribution in [0.15, 0.2) is 48.5 Å². The third kappa shape index (κ3) is 3.39. The van der Waals surface area contributed by atoms with Crippen molar-refractivity contribution >= 4 is 15.9 Å². The van der Waals surface area contributed by atoms with Crippen LogP contribution in [0.2, 0.25) is 0 Å². The number of rotatable bonds is 3. The smallest absolute Gasteiger partial charge is 0.241 e. The summed E-state index contributed by atoms with van der Waals surface area (Å²) in [7, 11) is -3.47. The highest BCUT2D eigenvalue weighted by atomic mass is 32.2. The van der Waals surface area contributed by atoms with Gasteiger partial charge in [0.1, 0.15) is 6.04 Å². The van der Waals surface area contributed by atoms with Gasteiger partial charge in [-0.2, -0.15) is 4.31 Å². The highest BCUT2D eigenvalue weighted by Crippen LogP contribution is 2.28. The molecule has 0 aliphatic carbocycles. The van der Waals surface area contributed by atoms with Crippen LogP contribution in [0.4, 0.5) is 0 Å². The summed E-state index contributed by atoms with van der Waals surface area (Å²) in [6, 6.07) is 15.3. The Morgan fingerprint density at radius 2 is 1.56 bits per heavy atom. The largest absolute Gasteiger partial charge is 0.337 e. The number of hydrogen-bond acceptors (Lipinski definition) is 3. The molecule has 0 saturated heterocycles. The average Bonchev–Trinajstić information content (AvgIpc) is 2.71. The van der Waals surface area contributed by atoms with Gasteiger partial charge in [0.05, 0.1) is 5.75 Å². The fourth-order valence-electron chi connectivity index (χ4n) is 4.06. The Morgan fingerprint density at radius 1 is 0.963 bits per heavy atom. The fraction of sp³-hybridized carbons (Fsp3) is 0.381. The van der Waals surface area contributed by atoms with Gasteiger partial charge in [-0.3, -0.25) is 4.79 Å². The van der Waals surface area contributed by atoms with E-state index in [4.69, 9.17) is 0 Å². The van der Waals surface area contributed by atoms with E-state index in [9.17, 15) is 13.2 Å². The molecule has 0 bridgehead atoms. The van der Waals surface area contributed by atoms with E-state index in [0.717, 1.165) is 23.1 Å². The van der Waals surface area contributed by atoms with E-state index in [-0.39, 0.29) is 18.2 Å². The third-order valence-corrected chi connectivity index (χ3v) is 7.48. The molecule has 2 aliphatic rings. The number of fused-ring (bicyclic) bond motifs is 2. The van der Waals surface area contributed by atoms with Crippen molar-refractivity contribution in [3.63, 3.8) is 0 Å². The summed E-state index contributed by atoms with van der Waals surface area (Å²) in [6.45, 7) is 3.09. The van der Waals surface area contributed by atoms with Crippen LogP contribution in [0.5, 0.6) is 0 Å². The molecule has 0 N–H and O–H groups in total. The van der Waals surface area contributed by atoms with Crippen molar-refractivity contribution in [1.82, 2.24) is 9.21 Å². The van der Waals surface area contributed by atoms with Gasteiger partial charge < -0.3 is 4.90 Å². The maximum Gasteiger partial charge on any atom is 0.241 e. The van der Waals surface area contributed by atoms with E-state index in [1.807, 2.05) is 47.4 Å². The normalized spacial score (nSPS) is 20.0. The van der Waals surface area contributed by atoms with E-state index in [1.54, 1.807) is 6.92 Å². The van der Waals surface area contributed by atoms with Crippen molar-refractivity contribution in [3.8, 4) is 0 Å². The lowest BCUT2D eigenvalue weighted by Gasteiger charge is -2.39. The summed E-state index contributed by atoms with van der Waals surface area (Å²) in [6.07, 6.45) is 1.25. The predicted molar refractivity (Wildman–Crippen MR) is 105 cm³/mol. The van der Waals surface area contributed by atoms with Crippen LogP contribution in [0.1, 0.15) is 29.2 Å². The van der Waals surface area contributed by atoms with Gasteiger partial charge in [-0.1, -0.05) is 48.5 Å². The van der Waals surface area contributed by atoms with E-state index in [2.05, 4.69) is 6.07 Å². The standard InChI is InChI=1S/C21H24N2O3S/c1-2-27(25,26)23-15-19-10-6-4-8-17(19)13-20(23)21(24)22-12-11-16-7-3-5-9-18(16)14-22/h3-10,20H,2,11-15H2,1H3/t20-/m0/s1. The van der Waals surface area contributed by atoms with Crippen molar-refractivity contribution in [3.05, 3.63) is 70.8 Å². The summed E-state index contributed by atoms with van der Waals surface area (Å²) in [4.78, 5) is 15.2. The van der Waals surface area contributed by atoms with Gasteiger partial charge in [0.2, 0.25) is 15.9 Å². The molecule has 27 heavy (non-hydrogen) atoms. The Balaban J connectivity index is 1.65. The van der Waals surface area contributed by atoms with E-state index in [0.29, 0.717) is 19.5 Å². The Morgan fingerprint density at radius 3 is 2.22 bits per heavy atom. The highest BCUT2D eigenvalue weighted by Gasteiger charge is 2.40. The molecule has 2 aromatic carbocycles. The van der Waals surface area contributed by atoms with Crippen LogP contribution >= 0.6 is 0 Å². The third-order valence-electron chi connectivity index (χ3n) is 5.65. The van der Waals surface area contributed by atoms with Crippen LogP contribution < -0.4 is 0 Å². The van der Waals surface area contributed by atoms with Crippen molar-refractivity contribution in [2.45, 2.75) is 38.9 Å². The lowest BCUT2D eigenvalue weighted by atomic mass is 9.94. The van der Waals surface area contributed by atoms with Crippen molar-refractivity contribution < 1.29 is 13.2 Å². The number of carbonyl (C=O) groups is 1. The molecule has 4 rings (SSSR count). The zero-order valence-corrected chi connectivity index (χ0v) is 16.3. The van der Waals surface area contributed by atoms with Gasteiger partial charge in [-0.05, 0) is 42.0 Å². The topological polar surface area (TPSA) is 57.7 Å². The van der Waals surface area contributed by atoms with Crippen molar-refractivity contribution in [2.75, 3.05) is 12.3 Å². The zero-order valence-electron chi connectivity index (χ0n) is 15.5. The molecule has 0 saturated carbocycles. The molecule has 6 heteroatoms. The number of sulfonamides is 1. The Bertz CT molecular complexity index is 971. The van der Waals surface area contributed by atoms with Crippen LogP contribution in [-0.2, 0) is 40.7 Å². The second kappa shape index (κ2) is 7.09. The van der Waals surface area contributed by atoms with Crippen LogP contribution in [-0.4, -0.2) is 41.9 Å². The molecule has 0 radical (unpaired) electrons. The number of hydrogen-bond donors (Lipinski definition) is 0. The maximum atomic E-state index is 13.4. The average molecular weight is 385 g/mol. The van der Waals surface area contributed by atoms with Crippen LogP contribution in [0, 0.1) is 0 Å². The molecule has 2 aromatic rings. The quantitative estimate of drug-likeness (QED) is 0.816. The first-order valence-corrected chi connectivity index (χ1v) is 11.0. The molecule has 0 unspecified atom stereocenters. The van der Waals surface area contributed by atoms with Crippen molar-refractivity contribution in [2.24, 2.45) is 0 Å². The molecule has 0 aromatic heterocycles. The van der Waals surface area contributed by atoms with Gasteiger partial charge in [-0.15, -0.1) is 0 Å². The minimum Gasteiger partial charge on any atom is -0.337 e. The molecule has 0 fully saturated rings. The molecule has 5 nitrogen and oxygen atoms in total. The summed E-state index contributed by atoms with van der Waals surface area (Å²) < 4.78 is 26.8. The number of amides is 1. The first kappa shape index (κ1) is 18.2. The minimum atomic E-state index is -3.47. The highest BCUT2D eigenvalue weighted by molar-refractivity contribution is 7.89. The zero-order chi connectivity index (χ0) is 19.0. The lowest BCUT2D eigenvalue weighted by Crippen LogP contribution is -2.54. The summed E-state index contributed by atoms with van der Waals surface area (Å²) in [5.41, 5.74) is 4.48. The lowest BCUT2D eigenvalue weighted by molar-refractivity contribution is -0.136. The summed E-state index contributed by atoms with van der Waals surface area (Å²) in [5, 5.41) is 0. The van der Waals surface area contributed by atoms with Gasteiger partial charge >= 0.3 is 0 Å². The molecule has 2 heterocycles. The SMILES string of the molecule is CCS(=O)(=O)N1Cc2ccccc2C[C@H]1C(=O)N1CCc2ccccc2C1. The summed E-state index contributed by atoms with van der Waals surface area (Å²) in [5.74, 6) is -0.0852. The monoisotopic (exact) mass is 384 g/mol. The molecule has 1 atom stereocenters. The number of carbonyl (C=O) groups excluding carboxylic acids is 1.